The van der Waals surface area contributed by atoms with Crippen LogP contribution in [0.15, 0.2) is 11.8 Å². The zero-order valence-electron chi connectivity index (χ0n) is 11.8. The van der Waals surface area contributed by atoms with Gasteiger partial charge in [-0.3, -0.25) is 0 Å². The van der Waals surface area contributed by atoms with Gasteiger partial charge in [-0.25, -0.2) is 0 Å². The maximum absolute atomic E-state index is 5.15. The Balaban J connectivity index is 0.000000385. The molecule has 0 bridgehead atoms. The van der Waals surface area contributed by atoms with Crippen LogP contribution in [0.3, 0.4) is 0 Å². The van der Waals surface area contributed by atoms with Crippen molar-refractivity contribution in [3.8, 4) is 0 Å². The Morgan fingerprint density at radius 3 is 2.25 bits per heavy atom. The standard InChI is InChI=1S/C10H21N.C4H9N/c1-9(11-3)5-8-10(2)6-4-7-10;1-3-4(2)5/h9,11H,4-8H2,1-3H3;3H,5H2,1-2H3/b;4-3-. The quantitative estimate of drug-likeness (QED) is 0.770. The lowest BCUT2D eigenvalue weighted by molar-refractivity contribution is 0.138. The summed E-state index contributed by atoms with van der Waals surface area (Å²) >= 11 is 0. The Hall–Kier alpha value is -0.500. The van der Waals surface area contributed by atoms with Crippen molar-refractivity contribution < 1.29 is 0 Å². The van der Waals surface area contributed by atoms with Gasteiger partial charge in [0.15, 0.2) is 0 Å². The number of hydrogen-bond acceptors (Lipinski definition) is 2. The maximum Gasteiger partial charge on any atom is 0.00359 e. The second kappa shape index (κ2) is 7.72. The van der Waals surface area contributed by atoms with Gasteiger partial charge < -0.3 is 11.1 Å². The molecule has 1 unspecified atom stereocenters. The van der Waals surface area contributed by atoms with Crippen molar-refractivity contribution in [3.05, 3.63) is 11.8 Å². The lowest BCUT2D eigenvalue weighted by Crippen LogP contribution is -2.29. The van der Waals surface area contributed by atoms with Crippen molar-refractivity contribution in [1.82, 2.24) is 5.32 Å². The van der Waals surface area contributed by atoms with Crippen LogP contribution in [0.25, 0.3) is 0 Å². The molecule has 0 aliphatic heterocycles. The predicted octanol–water partition coefficient (Wildman–Crippen LogP) is 3.43. The van der Waals surface area contributed by atoms with Crippen LogP contribution in [0, 0.1) is 5.41 Å². The Labute approximate surface area is 102 Å². The molecule has 0 spiro atoms. The first kappa shape index (κ1) is 15.5. The molecule has 1 rings (SSSR count). The number of rotatable bonds is 4. The summed E-state index contributed by atoms with van der Waals surface area (Å²) in [5.74, 6) is 0. The van der Waals surface area contributed by atoms with Gasteiger partial charge in [0.25, 0.3) is 0 Å². The van der Waals surface area contributed by atoms with Crippen molar-refractivity contribution in [2.24, 2.45) is 11.1 Å². The van der Waals surface area contributed by atoms with E-state index in [0.29, 0.717) is 11.5 Å². The summed E-state index contributed by atoms with van der Waals surface area (Å²) in [6.45, 7) is 8.47. The average Bonchev–Trinajstić information content (AvgIpc) is 2.23. The van der Waals surface area contributed by atoms with Gasteiger partial charge in [-0.15, -0.1) is 0 Å². The summed E-state index contributed by atoms with van der Waals surface area (Å²) in [4.78, 5) is 0. The molecule has 0 aromatic rings. The highest BCUT2D eigenvalue weighted by atomic mass is 14.8. The lowest BCUT2D eigenvalue weighted by atomic mass is 9.67. The van der Waals surface area contributed by atoms with E-state index in [-0.39, 0.29) is 0 Å². The molecule has 0 saturated heterocycles. The van der Waals surface area contributed by atoms with Crippen LogP contribution >= 0.6 is 0 Å². The summed E-state index contributed by atoms with van der Waals surface area (Å²) in [6, 6.07) is 0.701. The molecule has 0 radical (unpaired) electrons. The SMILES string of the molecule is C/C=C(/C)N.CNC(C)CCC1(C)CCC1. The Kier molecular flexibility index (Phi) is 7.48. The summed E-state index contributed by atoms with van der Waals surface area (Å²) in [5, 5.41) is 3.29. The van der Waals surface area contributed by atoms with Gasteiger partial charge in [-0.1, -0.05) is 19.4 Å². The molecule has 1 atom stereocenters. The zero-order chi connectivity index (χ0) is 12.6. The third-order valence-corrected chi connectivity index (χ3v) is 3.69. The van der Waals surface area contributed by atoms with E-state index in [1.165, 1.54) is 32.1 Å². The average molecular weight is 226 g/mol. The van der Waals surface area contributed by atoms with Gasteiger partial charge >= 0.3 is 0 Å². The number of nitrogens with two attached hydrogens (primary N) is 1. The highest BCUT2D eigenvalue weighted by Crippen LogP contribution is 2.44. The van der Waals surface area contributed by atoms with Gasteiger partial charge in [0.2, 0.25) is 0 Å². The Morgan fingerprint density at radius 2 is 2.00 bits per heavy atom. The normalized spacial score (nSPS) is 20.4. The number of hydrogen-bond donors (Lipinski definition) is 2. The number of allylic oxidation sites excluding steroid dienone is 2. The predicted molar refractivity (Wildman–Crippen MR) is 73.3 cm³/mol. The van der Waals surface area contributed by atoms with E-state index in [9.17, 15) is 0 Å². The summed E-state index contributed by atoms with van der Waals surface area (Å²) in [7, 11) is 2.05. The molecule has 16 heavy (non-hydrogen) atoms. The summed E-state index contributed by atoms with van der Waals surface area (Å²) in [5.41, 5.74) is 6.75. The third-order valence-electron chi connectivity index (χ3n) is 3.69. The minimum Gasteiger partial charge on any atom is -0.403 e. The highest BCUT2D eigenvalue weighted by Gasteiger charge is 2.31. The van der Waals surface area contributed by atoms with Crippen molar-refractivity contribution in [3.63, 3.8) is 0 Å². The molecule has 0 aromatic carbocycles. The Bertz CT molecular complexity index is 201. The van der Waals surface area contributed by atoms with E-state index in [0.717, 1.165) is 5.70 Å². The van der Waals surface area contributed by atoms with Crippen molar-refractivity contribution in [2.75, 3.05) is 7.05 Å². The van der Waals surface area contributed by atoms with Crippen LogP contribution in [0.5, 0.6) is 0 Å². The number of nitrogens with one attached hydrogen (secondary N) is 1. The van der Waals surface area contributed by atoms with E-state index in [4.69, 9.17) is 5.73 Å². The molecule has 2 nitrogen and oxygen atoms in total. The van der Waals surface area contributed by atoms with E-state index < -0.39 is 0 Å². The van der Waals surface area contributed by atoms with Crippen LogP contribution < -0.4 is 11.1 Å². The van der Waals surface area contributed by atoms with Crippen LogP contribution in [-0.4, -0.2) is 13.1 Å². The maximum atomic E-state index is 5.15. The second-order valence-electron chi connectivity index (χ2n) is 5.43. The first-order valence-corrected chi connectivity index (χ1v) is 6.49. The van der Waals surface area contributed by atoms with Crippen LogP contribution in [0.4, 0.5) is 0 Å². The fourth-order valence-electron chi connectivity index (χ4n) is 1.74. The van der Waals surface area contributed by atoms with Gasteiger partial charge in [-0.05, 0) is 58.9 Å². The fourth-order valence-corrected chi connectivity index (χ4v) is 1.74. The first-order chi connectivity index (χ1) is 7.43. The monoisotopic (exact) mass is 226 g/mol. The molecule has 1 aliphatic carbocycles. The van der Waals surface area contributed by atoms with Gasteiger partial charge in [0.1, 0.15) is 0 Å². The molecular weight excluding hydrogens is 196 g/mol. The highest BCUT2D eigenvalue weighted by molar-refractivity contribution is 4.86. The van der Waals surface area contributed by atoms with E-state index in [1.807, 2.05) is 27.0 Å². The molecular formula is C14H30N2. The molecule has 1 saturated carbocycles. The topological polar surface area (TPSA) is 38.0 Å². The Morgan fingerprint density at radius 1 is 1.50 bits per heavy atom. The van der Waals surface area contributed by atoms with Gasteiger partial charge in [-0.2, -0.15) is 0 Å². The van der Waals surface area contributed by atoms with Crippen LogP contribution in [-0.2, 0) is 0 Å². The molecule has 3 N–H and O–H groups in total. The fraction of sp³-hybridized carbons (Fsp3) is 0.857. The third kappa shape index (κ3) is 6.89. The molecule has 0 amide bonds. The molecule has 0 heterocycles. The zero-order valence-corrected chi connectivity index (χ0v) is 11.8. The van der Waals surface area contributed by atoms with Crippen molar-refractivity contribution in [1.29, 1.82) is 0 Å². The molecule has 1 fully saturated rings. The van der Waals surface area contributed by atoms with Crippen LogP contribution in [0.1, 0.15) is 59.8 Å². The van der Waals surface area contributed by atoms with E-state index >= 15 is 0 Å². The van der Waals surface area contributed by atoms with Crippen LogP contribution in [0.2, 0.25) is 0 Å². The molecule has 2 heteroatoms. The molecule has 1 aliphatic rings. The lowest BCUT2D eigenvalue weighted by Gasteiger charge is -2.39. The van der Waals surface area contributed by atoms with Crippen molar-refractivity contribution in [2.45, 2.75) is 65.8 Å². The largest absolute Gasteiger partial charge is 0.403 e. The van der Waals surface area contributed by atoms with Gasteiger partial charge in [0, 0.05) is 11.7 Å². The minimum absolute atomic E-state index is 0.701. The second-order valence-corrected chi connectivity index (χ2v) is 5.43. The van der Waals surface area contributed by atoms with Crippen molar-refractivity contribution >= 4 is 0 Å². The van der Waals surface area contributed by atoms with E-state index in [2.05, 4.69) is 19.2 Å². The summed E-state index contributed by atoms with van der Waals surface area (Å²) in [6.07, 6.45) is 9.00. The van der Waals surface area contributed by atoms with Gasteiger partial charge in [0.05, 0.1) is 0 Å². The molecule has 96 valence electrons. The van der Waals surface area contributed by atoms with E-state index in [1.54, 1.807) is 0 Å². The first-order valence-electron chi connectivity index (χ1n) is 6.49. The molecule has 0 aromatic heterocycles. The minimum atomic E-state index is 0.701. The summed E-state index contributed by atoms with van der Waals surface area (Å²) < 4.78 is 0. The smallest absolute Gasteiger partial charge is 0.00359 e.